The minimum Gasteiger partial charge on any atom is -0.303 e. The maximum Gasteiger partial charge on any atom is 0.466 e. The van der Waals surface area contributed by atoms with E-state index in [0.29, 0.717) is 0 Å². The molecule has 1 radical (unpaired) electrons. The summed E-state index contributed by atoms with van der Waals surface area (Å²) in [7, 11) is -4.64. The molecule has 0 aromatic heterocycles. The van der Waals surface area contributed by atoms with Crippen LogP contribution < -0.4 is 0 Å². The predicted molar refractivity (Wildman–Crippen MR) is 16.8 cm³/mol. The molecule has 0 amide bonds. The molecule has 4 nitrogen and oxygen atoms in total. The zero-order chi connectivity index (χ0) is 4.50. The van der Waals surface area contributed by atoms with Crippen molar-refractivity contribution in [2.75, 3.05) is 0 Å². The monoisotopic (exact) mass is 347 g/mol. The molecular formula is H4FLaO4PZr. The Kier molecular flexibility index (Phi) is 25.6. The quantitative estimate of drug-likeness (QED) is 0.502. The molecule has 0 heterocycles. The van der Waals surface area contributed by atoms with Gasteiger partial charge in [-0.25, -0.2) is 4.57 Å². The topological polar surface area (TPSA) is 77.8 Å². The molecule has 0 saturated carbocycles. The van der Waals surface area contributed by atoms with Crippen molar-refractivity contribution in [1.29, 1.82) is 0 Å². The molecule has 0 aliphatic heterocycles. The maximum absolute atomic E-state index is 8.88. The normalized spacial score (nSPS) is 7.38. The summed E-state index contributed by atoms with van der Waals surface area (Å²) in [6.45, 7) is 0. The Bertz CT molecular complexity index is 62.2. The fourth-order valence-electron chi connectivity index (χ4n) is 0. The van der Waals surface area contributed by atoms with Gasteiger partial charge in [0.15, 0.2) is 0 Å². The summed E-state index contributed by atoms with van der Waals surface area (Å²) in [5.74, 6) is 0. The zero-order valence-electron chi connectivity index (χ0n) is 3.68. The third-order valence-electron chi connectivity index (χ3n) is 0. The largest absolute Gasteiger partial charge is 0.466 e. The summed E-state index contributed by atoms with van der Waals surface area (Å²) in [4.78, 5) is 21.6. The van der Waals surface area contributed by atoms with E-state index in [0.717, 1.165) is 0 Å². The van der Waals surface area contributed by atoms with Gasteiger partial charge in [0.05, 0.1) is 0 Å². The molecule has 8 heavy (non-hydrogen) atoms. The molecule has 0 aromatic rings. The van der Waals surface area contributed by atoms with E-state index < -0.39 is 7.82 Å². The minimum absolute atomic E-state index is 0. The molecule has 8 heteroatoms. The molecule has 0 saturated heterocycles. The fourth-order valence-corrected chi connectivity index (χ4v) is 0. The van der Waals surface area contributed by atoms with Gasteiger partial charge in [0, 0.05) is 61.8 Å². The van der Waals surface area contributed by atoms with Crippen LogP contribution in [-0.2, 0) is 30.8 Å². The summed E-state index contributed by atoms with van der Waals surface area (Å²) in [6.07, 6.45) is 0. The molecule has 0 fully saturated rings. The van der Waals surface area contributed by atoms with Gasteiger partial charge in [-0.2, -0.15) is 0 Å². The Balaban J connectivity index is -0.0000000267. The van der Waals surface area contributed by atoms with E-state index in [4.69, 9.17) is 19.2 Å². The van der Waals surface area contributed by atoms with Crippen molar-refractivity contribution in [3.05, 3.63) is 0 Å². The molecule has 0 bridgehead atoms. The minimum atomic E-state index is -4.64. The third kappa shape index (κ3) is 91.7. The first kappa shape index (κ1) is 22.5. The van der Waals surface area contributed by atoms with Crippen LogP contribution in [0.15, 0.2) is 0 Å². The van der Waals surface area contributed by atoms with Crippen LogP contribution >= 0.6 is 7.82 Å². The summed E-state index contributed by atoms with van der Waals surface area (Å²) in [6, 6.07) is 0. The fraction of sp³-hybridized carbons (Fsp3) is 0. The second-order valence-electron chi connectivity index (χ2n) is 0.513. The SMILES string of the molecule is F.O=P(O)(O)O.[La].[Zr]. The van der Waals surface area contributed by atoms with Gasteiger partial charge in [-0.05, 0) is 0 Å². The summed E-state index contributed by atoms with van der Waals surface area (Å²) in [5.41, 5.74) is 0. The van der Waals surface area contributed by atoms with E-state index in [9.17, 15) is 0 Å². The van der Waals surface area contributed by atoms with E-state index in [1.165, 1.54) is 0 Å². The van der Waals surface area contributed by atoms with Crippen LogP contribution in [0.5, 0.6) is 0 Å². The Labute approximate surface area is 92.4 Å². The van der Waals surface area contributed by atoms with Crippen molar-refractivity contribution in [2.45, 2.75) is 0 Å². The molecule has 0 rings (SSSR count). The predicted octanol–water partition coefficient (Wildman–Crippen LogP) is -0.779. The van der Waals surface area contributed by atoms with Crippen molar-refractivity contribution in [2.24, 2.45) is 0 Å². The Hall–Kier alpha value is 2.12. The average molecular weight is 348 g/mol. The molecule has 0 aliphatic carbocycles. The number of hydrogen-bond acceptors (Lipinski definition) is 1. The zero-order valence-corrected chi connectivity index (χ0v) is 10.7. The molecular weight excluding hydrogens is 344 g/mol. The van der Waals surface area contributed by atoms with Crippen molar-refractivity contribution in [3.8, 4) is 0 Å². The Morgan fingerprint density at radius 2 is 1.12 bits per heavy atom. The number of rotatable bonds is 0. The van der Waals surface area contributed by atoms with Gasteiger partial charge in [-0.15, -0.1) is 0 Å². The Morgan fingerprint density at radius 3 is 1.12 bits per heavy atom. The molecule has 0 aromatic carbocycles. The summed E-state index contributed by atoms with van der Waals surface area (Å²) < 4.78 is 8.88. The van der Waals surface area contributed by atoms with E-state index in [-0.39, 0.29) is 66.5 Å². The van der Waals surface area contributed by atoms with Gasteiger partial charge in [0.1, 0.15) is 0 Å². The molecule has 0 spiro atoms. The number of phosphoric acid groups is 1. The Morgan fingerprint density at radius 1 is 1.12 bits per heavy atom. The van der Waals surface area contributed by atoms with E-state index in [1.807, 2.05) is 0 Å². The van der Waals surface area contributed by atoms with Crippen LogP contribution in [0.3, 0.4) is 0 Å². The average Bonchev–Trinajstić information content (AvgIpc) is 0.722. The van der Waals surface area contributed by atoms with Crippen molar-refractivity contribution in [1.82, 2.24) is 0 Å². The van der Waals surface area contributed by atoms with Crippen molar-refractivity contribution < 1.29 is 85.8 Å². The third-order valence-corrected chi connectivity index (χ3v) is 0. The molecule has 0 atom stereocenters. The number of hydrogen-bond donors (Lipinski definition) is 3. The van der Waals surface area contributed by atoms with Gasteiger partial charge < -0.3 is 14.7 Å². The second-order valence-corrected chi connectivity index (χ2v) is 1.54. The van der Waals surface area contributed by atoms with Crippen LogP contribution in [0.1, 0.15) is 0 Å². The van der Waals surface area contributed by atoms with Crippen LogP contribution in [0.4, 0.5) is 4.70 Å². The smallest absolute Gasteiger partial charge is 0.303 e. The first-order valence-electron chi connectivity index (χ1n) is 0.783. The first-order valence-corrected chi connectivity index (χ1v) is 2.35. The van der Waals surface area contributed by atoms with E-state index in [1.54, 1.807) is 0 Å². The maximum atomic E-state index is 8.88. The van der Waals surface area contributed by atoms with E-state index >= 15 is 0 Å². The van der Waals surface area contributed by atoms with Crippen LogP contribution in [0.2, 0.25) is 0 Å². The molecule has 0 aliphatic rings. The van der Waals surface area contributed by atoms with Crippen molar-refractivity contribution in [3.63, 3.8) is 0 Å². The molecule has 3 N–H and O–H groups in total. The summed E-state index contributed by atoms with van der Waals surface area (Å²) >= 11 is 0. The van der Waals surface area contributed by atoms with E-state index in [2.05, 4.69) is 0 Å². The van der Waals surface area contributed by atoms with Crippen LogP contribution in [0, 0.1) is 35.6 Å². The van der Waals surface area contributed by atoms with Crippen LogP contribution in [0.25, 0.3) is 0 Å². The number of halogens is 1. The second kappa shape index (κ2) is 9.12. The van der Waals surface area contributed by atoms with Gasteiger partial charge in [-0.3, -0.25) is 4.70 Å². The van der Waals surface area contributed by atoms with Crippen molar-refractivity contribution >= 4 is 7.82 Å². The first-order chi connectivity index (χ1) is 2.00. The van der Waals surface area contributed by atoms with Gasteiger partial charge in [0.25, 0.3) is 0 Å². The van der Waals surface area contributed by atoms with Crippen LogP contribution in [-0.4, -0.2) is 14.7 Å². The van der Waals surface area contributed by atoms with Gasteiger partial charge in [0.2, 0.25) is 0 Å². The summed E-state index contributed by atoms with van der Waals surface area (Å²) in [5, 5.41) is 0. The van der Waals surface area contributed by atoms with Gasteiger partial charge >= 0.3 is 7.82 Å². The van der Waals surface area contributed by atoms with Gasteiger partial charge in [-0.1, -0.05) is 0 Å². The molecule has 47 valence electrons. The molecule has 0 unspecified atom stereocenters. The standard InChI is InChI=1S/FH.La.H3O4P.Zr/c;;1-5(2,3)4;/h1H;;(H3,1,2,3,4);.